The minimum absolute atomic E-state index is 0.789. The van der Waals surface area contributed by atoms with E-state index in [2.05, 4.69) is 46.7 Å². The zero-order valence-corrected chi connectivity index (χ0v) is 12.5. The summed E-state index contributed by atoms with van der Waals surface area (Å²) < 4.78 is 0. The van der Waals surface area contributed by atoms with Crippen molar-refractivity contribution in [3.8, 4) is 11.3 Å². The number of hydrogen-bond acceptors (Lipinski definition) is 4. The van der Waals surface area contributed by atoms with Crippen molar-refractivity contribution >= 4 is 22.7 Å². The molecular weight excluding hydrogens is 278 g/mol. The first-order valence-electron chi connectivity index (χ1n) is 6.68. The predicted molar refractivity (Wildman–Crippen MR) is 89.9 cm³/mol. The molecule has 21 heavy (non-hydrogen) atoms. The third kappa shape index (κ3) is 3.55. The van der Waals surface area contributed by atoms with Crippen molar-refractivity contribution < 1.29 is 0 Å². The fraction of sp³-hybridized carbons (Fsp3) is 0.0588. The third-order valence-electron chi connectivity index (χ3n) is 3.02. The van der Waals surface area contributed by atoms with Gasteiger partial charge in [-0.3, -0.25) is 5.43 Å². The van der Waals surface area contributed by atoms with Crippen LogP contribution in [0.15, 0.2) is 65.1 Å². The SMILES string of the molecule is Cc1ccc(/C=N\Nc2nc(-c3ccccc3)cs2)cc1. The Balaban J connectivity index is 1.66. The van der Waals surface area contributed by atoms with Gasteiger partial charge >= 0.3 is 0 Å². The van der Waals surface area contributed by atoms with E-state index in [1.807, 2.05) is 35.7 Å². The standard InChI is InChI=1S/C17H15N3S/c1-13-7-9-14(10-8-13)11-18-20-17-19-16(12-21-17)15-5-3-2-4-6-15/h2-12H,1H3,(H,19,20)/b18-11-. The predicted octanol–water partition coefficient (Wildman–Crippen LogP) is 4.56. The van der Waals surface area contributed by atoms with Crippen LogP contribution in [0.1, 0.15) is 11.1 Å². The Morgan fingerprint density at radius 1 is 1.05 bits per heavy atom. The number of thiazole rings is 1. The van der Waals surface area contributed by atoms with Crippen molar-refractivity contribution in [1.29, 1.82) is 0 Å². The minimum atomic E-state index is 0.789. The molecule has 0 spiro atoms. The Bertz CT molecular complexity index is 730. The number of rotatable bonds is 4. The summed E-state index contributed by atoms with van der Waals surface area (Å²) >= 11 is 1.55. The summed E-state index contributed by atoms with van der Waals surface area (Å²) in [5.74, 6) is 0. The highest BCUT2D eigenvalue weighted by Gasteiger charge is 2.02. The maximum absolute atomic E-state index is 4.52. The van der Waals surface area contributed by atoms with Gasteiger partial charge in [0.05, 0.1) is 11.9 Å². The second kappa shape index (κ2) is 6.33. The van der Waals surface area contributed by atoms with Crippen molar-refractivity contribution in [2.75, 3.05) is 5.43 Å². The van der Waals surface area contributed by atoms with Gasteiger partial charge in [-0.1, -0.05) is 60.2 Å². The first-order valence-corrected chi connectivity index (χ1v) is 7.56. The maximum Gasteiger partial charge on any atom is 0.203 e. The summed E-state index contributed by atoms with van der Waals surface area (Å²) in [6, 6.07) is 18.3. The maximum atomic E-state index is 4.52. The number of aryl methyl sites for hydroxylation is 1. The van der Waals surface area contributed by atoms with Crippen LogP contribution in [0.3, 0.4) is 0 Å². The van der Waals surface area contributed by atoms with E-state index in [0.717, 1.165) is 22.0 Å². The molecule has 0 fully saturated rings. The number of hydrazone groups is 1. The molecule has 2 aromatic carbocycles. The second-order valence-corrected chi connectivity index (χ2v) is 5.54. The fourth-order valence-corrected chi connectivity index (χ4v) is 2.55. The average molecular weight is 293 g/mol. The fourth-order valence-electron chi connectivity index (χ4n) is 1.88. The Morgan fingerprint density at radius 2 is 1.81 bits per heavy atom. The molecule has 0 saturated carbocycles. The van der Waals surface area contributed by atoms with E-state index < -0.39 is 0 Å². The van der Waals surface area contributed by atoms with E-state index in [1.54, 1.807) is 17.6 Å². The molecule has 0 saturated heterocycles. The van der Waals surface area contributed by atoms with Gasteiger partial charge in [0, 0.05) is 10.9 Å². The summed E-state index contributed by atoms with van der Waals surface area (Å²) in [4.78, 5) is 4.52. The van der Waals surface area contributed by atoms with Gasteiger partial charge in [-0.05, 0) is 12.5 Å². The lowest BCUT2D eigenvalue weighted by Crippen LogP contribution is -1.90. The van der Waals surface area contributed by atoms with Crippen LogP contribution < -0.4 is 5.43 Å². The Labute approximate surface area is 128 Å². The van der Waals surface area contributed by atoms with Crippen LogP contribution >= 0.6 is 11.3 Å². The van der Waals surface area contributed by atoms with Gasteiger partial charge in [0.15, 0.2) is 0 Å². The summed E-state index contributed by atoms with van der Waals surface area (Å²) in [5.41, 5.74) is 7.36. The highest BCUT2D eigenvalue weighted by Crippen LogP contribution is 2.24. The Kier molecular flexibility index (Phi) is 4.07. The van der Waals surface area contributed by atoms with E-state index in [1.165, 1.54) is 5.56 Å². The number of benzene rings is 2. The minimum Gasteiger partial charge on any atom is -0.253 e. The second-order valence-electron chi connectivity index (χ2n) is 4.68. The first-order chi connectivity index (χ1) is 10.3. The topological polar surface area (TPSA) is 37.3 Å². The molecule has 0 amide bonds. The molecule has 3 aromatic rings. The van der Waals surface area contributed by atoms with Crippen molar-refractivity contribution in [3.05, 3.63) is 71.1 Å². The molecule has 0 unspecified atom stereocenters. The van der Waals surface area contributed by atoms with Gasteiger partial charge in [-0.15, -0.1) is 11.3 Å². The number of hydrogen-bond donors (Lipinski definition) is 1. The molecule has 1 aromatic heterocycles. The molecule has 0 aliphatic heterocycles. The number of aromatic nitrogens is 1. The van der Waals surface area contributed by atoms with E-state index in [4.69, 9.17) is 0 Å². The van der Waals surface area contributed by atoms with Gasteiger partial charge in [-0.25, -0.2) is 4.98 Å². The molecule has 1 N–H and O–H groups in total. The molecule has 0 radical (unpaired) electrons. The van der Waals surface area contributed by atoms with Gasteiger partial charge in [0.2, 0.25) is 5.13 Å². The highest BCUT2D eigenvalue weighted by molar-refractivity contribution is 7.14. The molecule has 0 aliphatic rings. The van der Waals surface area contributed by atoms with Crippen LogP contribution in [0.5, 0.6) is 0 Å². The van der Waals surface area contributed by atoms with Gasteiger partial charge < -0.3 is 0 Å². The van der Waals surface area contributed by atoms with E-state index in [0.29, 0.717) is 0 Å². The summed E-state index contributed by atoms with van der Waals surface area (Å²) in [6.45, 7) is 2.07. The average Bonchev–Trinajstić information content (AvgIpc) is 2.99. The normalized spacial score (nSPS) is 10.9. The van der Waals surface area contributed by atoms with Crippen LogP contribution in [0.25, 0.3) is 11.3 Å². The zero-order valence-electron chi connectivity index (χ0n) is 11.7. The van der Waals surface area contributed by atoms with Gasteiger partial charge in [0.1, 0.15) is 0 Å². The Hall–Kier alpha value is -2.46. The number of anilines is 1. The molecule has 104 valence electrons. The molecule has 1 heterocycles. The molecule has 0 atom stereocenters. The zero-order chi connectivity index (χ0) is 14.5. The first kappa shape index (κ1) is 13.5. The lowest BCUT2D eigenvalue weighted by atomic mass is 10.2. The number of nitrogens with one attached hydrogen (secondary N) is 1. The summed E-state index contributed by atoms with van der Waals surface area (Å²) in [7, 11) is 0. The van der Waals surface area contributed by atoms with Crippen molar-refractivity contribution in [3.63, 3.8) is 0 Å². The van der Waals surface area contributed by atoms with E-state index in [-0.39, 0.29) is 0 Å². The van der Waals surface area contributed by atoms with E-state index in [9.17, 15) is 0 Å². The molecular formula is C17H15N3S. The van der Waals surface area contributed by atoms with Crippen molar-refractivity contribution in [2.24, 2.45) is 5.10 Å². The molecule has 4 heteroatoms. The molecule has 3 nitrogen and oxygen atoms in total. The summed E-state index contributed by atoms with van der Waals surface area (Å²) in [6.07, 6.45) is 1.79. The van der Waals surface area contributed by atoms with Crippen LogP contribution in [0.4, 0.5) is 5.13 Å². The number of nitrogens with zero attached hydrogens (tertiary/aromatic N) is 2. The third-order valence-corrected chi connectivity index (χ3v) is 3.77. The van der Waals surface area contributed by atoms with Crippen LogP contribution in [0.2, 0.25) is 0 Å². The van der Waals surface area contributed by atoms with E-state index >= 15 is 0 Å². The molecule has 0 bridgehead atoms. The lowest BCUT2D eigenvalue weighted by molar-refractivity contribution is 1.29. The monoisotopic (exact) mass is 293 g/mol. The largest absolute Gasteiger partial charge is 0.253 e. The van der Waals surface area contributed by atoms with Gasteiger partial charge in [-0.2, -0.15) is 5.10 Å². The quantitative estimate of drug-likeness (QED) is 0.565. The molecule has 3 rings (SSSR count). The van der Waals surface area contributed by atoms with Crippen molar-refractivity contribution in [1.82, 2.24) is 4.98 Å². The van der Waals surface area contributed by atoms with Gasteiger partial charge in [0.25, 0.3) is 0 Å². The van der Waals surface area contributed by atoms with Crippen molar-refractivity contribution in [2.45, 2.75) is 6.92 Å². The van der Waals surface area contributed by atoms with Crippen LogP contribution in [0, 0.1) is 6.92 Å². The van der Waals surface area contributed by atoms with Crippen LogP contribution in [-0.4, -0.2) is 11.2 Å². The summed E-state index contributed by atoms with van der Waals surface area (Å²) in [5, 5.41) is 7.04. The highest BCUT2D eigenvalue weighted by atomic mass is 32.1. The van der Waals surface area contributed by atoms with Crippen LogP contribution in [-0.2, 0) is 0 Å². The Morgan fingerprint density at radius 3 is 2.57 bits per heavy atom. The smallest absolute Gasteiger partial charge is 0.203 e. The lowest BCUT2D eigenvalue weighted by Gasteiger charge is -1.96. The molecule has 0 aliphatic carbocycles.